The molecule has 0 radical (unpaired) electrons. The summed E-state index contributed by atoms with van der Waals surface area (Å²) in [6.45, 7) is 1.23. The Morgan fingerprint density at radius 3 is 2.77 bits per heavy atom. The minimum Gasteiger partial charge on any atom is -0.459 e. The number of para-hydroxylation sites is 2. The Morgan fingerprint density at radius 1 is 1.07 bits per heavy atom. The van der Waals surface area contributed by atoms with Crippen LogP contribution in [0.15, 0.2) is 64.6 Å². The van der Waals surface area contributed by atoms with Crippen LogP contribution in [0.5, 0.6) is 0 Å². The zero-order valence-electron chi connectivity index (χ0n) is 16.3. The maximum Gasteiger partial charge on any atom is 0.286 e. The van der Waals surface area contributed by atoms with E-state index >= 15 is 0 Å². The Kier molecular flexibility index (Phi) is 6.24. The molecule has 7 nitrogen and oxygen atoms in total. The summed E-state index contributed by atoms with van der Waals surface area (Å²) < 4.78 is 7.04. The van der Waals surface area contributed by atoms with Crippen LogP contribution < -0.4 is 10.6 Å². The fourth-order valence-electron chi connectivity index (χ4n) is 3.23. The molecule has 8 heteroatoms. The molecule has 0 spiro atoms. The van der Waals surface area contributed by atoms with E-state index in [1.165, 1.54) is 6.26 Å². The minimum absolute atomic E-state index is 0.0566. The number of nitrogens with one attached hydrogen (secondary N) is 2. The molecule has 2 N–H and O–H groups in total. The van der Waals surface area contributed by atoms with E-state index in [1.807, 2.05) is 46.3 Å². The number of rotatable bonds is 9. The van der Waals surface area contributed by atoms with Gasteiger partial charge < -0.3 is 19.6 Å². The van der Waals surface area contributed by atoms with Crippen molar-refractivity contribution in [3.05, 3.63) is 76.6 Å². The number of thiophene rings is 1. The second-order valence-electron chi connectivity index (χ2n) is 6.80. The van der Waals surface area contributed by atoms with Gasteiger partial charge in [0.1, 0.15) is 12.4 Å². The summed E-state index contributed by atoms with van der Waals surface area (Å²) in [6, 6.07) is 15.1. The van der Waals surface area contributed by atoms with E-state index in [2.05, 4.69) is 10.6 Å². The molecule has 2 amide bonds. The molecule has 0 saturated heterocycles. The number of carbonyl (C=O) groups excluding carboxylic acids is 2. The van der Waals surface area contributed by atoms with Crippen molar-refractivity contribution in [2.24, 2.45) is 0 Å². The number of nitrogens with zero attached hydrogens (tertiary/aromatic N) is 2. The van der Waals surface area contributed by atoms with E-state index in [4.69, 9.17) is 9.40 Å². The number of benzene rings is 1. The number of hydrogen-bond donors (Lipinski definition) is 2. The third-order valence-corrected chi connectivity index (χ3v) is 5.56. The predicted molar refractivity (Wildman–Crippen MR) is 115 cm³/mol. The van der Waals surface area contributed by atoms with Crippen LogP contribution in [0.4, 0.5) is 0 Å². The number of amides is 2. The van der Waals surface area contributed by atoms with Crippen molar-refractivity contribution in [3.8, 4) is 0 Å². The fraction of sp³-hybridized carbons (Fsp3) is 0.227. The third-order valence-electron chi connectivity index (χ3n) is 4.68. The highest BCUT2D eigenvalue weighted by molar-refractivity contribution is 7.09. The highest BCUT2D eigenvalue weighted by atomic mass is 32.1. The lowest BCUT2D eigenvalue weighted by Crippen LogP contribution is -2.28. The normalized spacial score (nSPS) is 10.9. The predicted octanol–water partition coefficient (Wildman–Crippen LogP) is 3.37. The van der Waals surface area contributed by atoms with E-state index in [0.29, 0.717) is 31.7 Å². The molecule has 0 unspecified atom stereocenters. The number of aryl methyl sites for hydroxylation is 1. The van der Waals surface area contributed by atoms with Crippen molar-refractivity contribution < 1.29 is 14.0 Å². The van der Waals surface area contributed by atoms with Gasteiger partial charge >= 0.3 is 0 Å². The molecule has 3 aromatic heterocycles. The van der Waals surface area contributed by atoms with Crippen molar-refractivity contribution in [2.75, 3.05) is 6.54 Å². The lowest BCUT2D eigenvalue weighted by molar-refractivity contribution is -0.121. The van der Waals surface area contributed by atoms with Crippen LogP contribution in [-0.2, 0) is 24.3 Å². The lowest BCUT2D eigenvalue weighted by atomic mass is 10.3. The third kappa shape index (κ3) is 4.77. The molecular formula is C22H22N4O3S. The van der Waals surface area contributed by atoms with Crippen molar-refractivity contribution >= 4 is 34.2 Å². The molecule has 4 rings (SSSR count). The molecule has 154 valence electrons. The second-order valence-corrected chi connectivity index (χ2v) is 7.83. The van der Waals surface area contributed by atoms with Crippen LogP contribution >= 0.6 is 11.3 Å². The SMILES string of the molecule is O=C(Cn1c(CCCNC(=O)c2ccco2)nc2ccccc21)NCc1cccs1. The topological polar surface area (TPSA) is 89.2 Å². The van der Waals surface area contributed by atoms with E-state index in [0.717, 1.165) is 21.7 Å². The second kappa shape index (κ2) is 9.41. The van der Waals surface area contributed by atoms with Gasteiger partial charge in [-0.05, 0) is 42.1 Å². The minimum atomic E-state index is -0.235. The highest BCUT2D eigenvalue weighted by Crippen LogP contribution is 2.17. The van der Waals surface area contributed by atoms with Gasteiger partial charge in [0.15, 0.2) is 5.76 Å². The van der Waals surface area contributed by atoms with Crippen LogP contribution in [0.1, 0.15) is 27.7 Å². The lowest BCUT2D eigenvalue weighted by Gasteiger charge is -2.10. The number of furan rings is 1. The Bertz CT molecular complexity index is 1120. The average molecular weight is 423 g/mol. The fourth-order valence-corrected chi connectivity index (χ4v) is 3.88. The van der Waals surface area contributed by atoms with Gasteiger partial charge in [0.25, 0.3) is 5.91 Å². The molecular weight excluding hydrogens is 400 g/mol. The molecule has 0 aliphatic heterocycles. The Hall–Kier alpha value is -3.39. The van der Waals surface area contributed by atoms with E-state index in [1.54, 1.807) is 23.5 Å². The van der Waals surface area contributed by atoms with Gasteiger partial charge in [-0.25, -0.2) is 4.98 Å². The summed E-state index contributed by atoms with van der Waals surface area (Å²) in [5, 5.41) is 7.80. The first-order valence-corrected chi connectivity index (χ1v) is 10.6. The molecule has 0 atom stereocenters. The zero-order valence-corrected chi connectivity index (χ0v) is 17.2. The Morgan fingerprint density at radius 2 is 1.97 bits per heavy atom. The van der Waals surface area contributed by atoms with Gasteiger partial charge in [-0.3, -0.25) is 9.59 Å². The summed E-state index contributed by atoms with van der Waals surface area (Å²) in [6.07, 6.45) is 2.82. The monoisotopic (exact) mass is 422 g/mol. The van der Waals surface area contributed by atoms with E-state index in [9.17, 15) is 9.59 Å². The first-order valence-electron chi connectivity index (χ1n) is 9.75. The van der Waals surface area contributed by atoms with E-state index < -0.39 is 0 Å². The van der Waals surface area contributed by atoms with Crippen molar-refractivity contribution in [2.45, 2.75) is 25.9 Å². The van der Waals surface area contributed by atoms with Crippen LogP contribution in [-0.4, -0.2) is 27.9 Å². The van der Waals surface area contributed by atoms with Gasteiger partial charge in [-0.15, -0.1) is 11.3 Å². The number of aromatic nitrogens is 2. The Labute approximate surface area is 177 Å². The largest absolute Gasteiger partial charge is 0.459 e. The summed E-state index contributed by atoms with van der Waals surface area (Å²) in [5.41, 5.74) is 1.79. The van der Waals surface area contributed by atoms with Gasteiger partial charge in [0, 0.05) is 17.8 Å². The number of fused-ring (bicyclic) bond motifs is 1. The average Bonchev–Trinajstić information content (AvgIpc) is 3.51. The smallest absolute Gasteiger partial charge is 0.286 e. The molecule has 0 aliphatic rings. The van der Waals surface area contributed by atoms with Crippen LogP contribution in [0.25, 0.3) is 11.0 Å². The quantitative estimate of drug-likeness (QED) is 0.405. The number of imidazole rings is 1. The molecule has 0 saturated carbocycles. The van der Waals surface area contributed by atoms with Gasteiger partial charge in [-0.2, -0.15) is 0 Å². The molecule has 30 heavy (non-hydrogen) atoms. The first-order chi connectivity index (χ1) is 14.7. The summed E-state index contributed by atoms with van der Waals surface area (Å²) in [7, 11) is 0. The number of hydrogen-bond acceptors (Lipinski definition) is 5. The van der Waals surface area contributed by atoms with Crippen molar-refractivity contribution in [3.63, 3.8) is 0 Å². The summed E-state index contributed by atoms with van der Waals surface area (Å²) >= 11 is 1.62. The molecule has 0 fully saturated rings. The van der Waals surface area contributed by atoms with Gasteiger partial charge in [0.2, 0.25) is 5.91 Å². The standard InChI is InChI=1S/C22H22N4O3S/c27-21(24-14-16-6-5-13-30-16)15-26-18-8-2-1-7-17(18)25-20(26)10-3-11-23-22(28)19-9-4-12-29-19/h1-2,4-9,12-13H,3,10-11,14-15H2,(H,23,28)(H,24,27). The van der Waals surface area contributed by atoms with Gasteiger partial charge in [0.05, 0.1) is 23.8 Å². The number of carbonyl (C=O) groups is 2. The molecule has 3 heterocycles. The van der Waals surface area contributed by atoms with Gasteiger partial charge in [-0.1, -0.05) is 18.2 Å². The van der Waals surface area contributed by atoms with Crippen LogP contribution in [0.3, 0.4) is 0 Å². The summed E-state index contributed by atoms with van der Waals surface area (Å²) in [5.74, 6) is 0.833. The van der Waals surface area contributed by atoms with E-state index in [-0.39, 0.29) is 18.4 Å². The molecule has 0 bridgehead atoms. The van der Waals surface area contributed by atoms with Crippen LogP contribution in [0, 0.1) is 0 Å². The summed E-state index contributed by atoms with van der Waals surface area (Å²) in [4.78, 5) is 30.3. The maximum atomic E-state index is 12.5. The Balaban J connectivity index is 1.38. The first kappa shape index (κ1) is 19.9. The van der Waals surface area contributed by atoms with Crippen molar-refractivity contribution in [1.82, 2.24) is 20.2 Å². The molecule has 0 aliphatic carbocycles. The highest BCUT2D eigenvalue weighted by Gasteiger charge is 2.14. The van der Waals surface area contributed by atoms with Crippen molar-refractivity contribution in [1.29, 1.82) is 0 Å². The maximum absolute atomic E-state index is 12.5. The van der Waals surface area contributed by atoms with Crippen LogP contribution in [0.2, 0.25) is 0 Å². The molecule has 1 aromatic carbocycles. The zero-order chi connectivity index (χ0) is 20.8. The molecule has 4 aromatic rings.